The number of rotatable bonds is 9. The predicted molar refractivity (Wildman–Crippen MR) is 156 cm³/mol. The topological polar surface area (TPSA) is 93.6 Å². The summed E-state index contributed by atoms with van der Waals surface area (Å²) in [4.78, 5) is 13.9. The first-order valence-electron chi connectivity index (χ1n) is 12.7. The molecule has 39 heavy (non-hydrogen) atoms. The molecule has 5 rings (SSSR count). The Bertz CT molecular complexity index is 1250. The molecule has 2 aliphatic heterocycles. The molecule has 0 atom stereocenters. The van der Waals surface area contributed by atoms with E-state index < -0.39 is 0 Å². The summed E-state index contributed by atoms with van der Waals surface area (Å²) in [5, 5.41) is 4.45. The zero-order valence-corrected chi connectivity index (χ0v) is 23.8. The first-order chi connectivity index (χ1) is 19.1. The maximum atomic E-state index is 13.2. The van der Waals surface area contributed by atoms with Crippen molar-refractivity contribution in [2.24, 2.45) is 5.10 Å². The molecule has 0 aliphatic carbocycles. The molecule has 12 heteroatoms. The minimum Gasteiger partial charge on any atom is -0.493 e. The second-order valence-electron chi connectivity index (χ2n) is 8.93. The van der Waals surface area contributed by atoms with Crippen molar-refractivity contribution in [1.29, 1.82) is 0 Å². The first kappa shape index (κ1) is 27.3. The molecule has 10 nitrogen and oxygen atoms in total. The minimum atomic E-state index is -0.278. The van der Waals surface area contributed by atoms with Gasteiger partial charge in [0, 0.05) is 32.2 Å². The molecular weight excluding hydrogens is 618 g/mol. The third-order valence-electron chi connectivity index (χ3n) is 6.27. The van der Waals surface area contributed by atoms with Crippen molar-refractivity contribution in [1.82, 2.24) is 9.97 Å². The molecule has 0 unspecified atom stereocenters. The lowest BCUT2D eigenvalue weighted by Gasteiger charge is -2.31. The largest absolute Gasteiger partial charge is 0.493 e. The Kier molecular flexibility index (Phi) is 9.27. The van der Waals surface area contributed by atoms with Crippen LogP contribution in [0.1, 0.15) is 11.1 Å². The van der Waals surface area contributed by atoms with Gasteiger partial charge in [-0.15, -0.1) is 0 Å². The van der Waals surface area contributed by atoms with Gasteiger partial charge in [0.15, 0.2) is 17.3 Å². The molecule has 0 radical (unpaired) electrons. The van der Waals surface area contributed by atoms with Crippen molar-refractivity contribution in [2.75, 3.05) is 74.9 Å². The molecule has 2 aromatic carbocycles. The van der Waals surface area contributed by atoms with Crippen LogP contribution in [0.25, 0.3) is 0 Å². The summed E-state index contributed by atoms with van der Waals surface area (Å²) < 4.78 is 36.6. The predicted octanol–water partition coefficient (Wildman–Crippen LogP) is 3.93. The molecule has 3 aromatic rings. The van der Waals surface area contributed by atoms with Crippen LogP contribution in [0.15, 0.2) is 47.6 Å². The minimum absolute atomic E-state index is 0.278. The second-order valence-corrected chi connectivity index (χ2v) is 10.1. The van der Waals surface area contributed by atoms with Crippen LogP contribution in [0.4, 0.5) is 22.0 Å². The Morgan fingerprint density at radius 1 is 1.00 bits per heavy atom. The molecule has 2 aliphatic rings. The fourth-order valence-corrected chi connectivity index (χ4v) is 4.98. The van der Waals surface area contributed by atoms with Crippen LogP contribution in [-0.4, -0.2) is 75.9 Å². The number of nitrogens with one attached hydrogen (secondary N) is 1. The zero-order valence-electron chi connectivity index (χ0n) is 21.6. The van der Waals surface area contributed by atoms with Gasteiger partial charge < -0.3 is 28.7 Å². The monoisotopic (exact) mass is 648 g/mol. The Balaban J connectivity index is 1.31. The number of anilines is 3. The lowest BCUT2D eigenvalue weighted by Crippen LogP contribution is -2.39. The molecular formula is C27H30FIN6O4. The highest BCUT2D eigenvalue weighted by Gasteiger charge is 2.19. The quantitative estimate of drug-likeness (QED) is 0.211. The van der Waals surface area contributed by atoms with Crippen molar-refractivity contribution in [3.8, 4) is 11.5 Å². The van der Waals surface area contributed by atoms with E-state index in [1.54, 1.807) is 25.5 Å². The molecule has 2 fully saturated rings. The van der Waals surface area contributed by atoms with Crippen LogP contribution in [0.5, 0.6) is 11.5 Å². The smallest absolute Gasteiger partial charge is 0.229 e. The van der Waals surface area contributed by atoms with Crippen molar-refractivity contribution < 1.29 is 23.3 Å². The molecule has 0 saturated carbocycles. The summed E-state index contributed by atoms with van der Waals surface area (Å²) in [6.45, 7) is 5.96. The summed E-state index contributed by atoms with van der Waals surface area (Å²) in [6, 6.07) is 11.9. The van der Waals surface area contributed by atoms with Gasteiger partial charge in [-0.25, -0.2) is 4.39 Å². The molecule has 0 amide bonds. The maximum Gasteiger partial charge on any atom is 0.229 e. The van der Waals surface area contributed by atoms with Crippen LogP contribution in [0.3, 0.4) is 0 Å². The Morgan fingerprint density at radius 3 is 2.38 bits per heavy atom. The molecule has 3 heterocycles. The molecule has 2 saturated heterocycles. The second kappa shape index (κ2) is 13.2. The summed E-state index contributed by atoms with van der Waals surface area (Å²) in [6.07, 6.45) is 1.71. The number of halogens is 2. The molecule has 1 N–H and O–H groups in total. The van der Waals surface area contributed by atoms with E-state index in [0.29, 0.717) is 56.3 Å². The molecule has 1 aromatic heterocycles. The van der Waals surface area contributed by atoms with Gasteiger partial charge >= 0.3 is 0 Å². The number of nitrogens with zero attached hydrogens (tertiary/aromatic N) is 5. The highest BCUT2D eigenvalue weighted by atomic mass is 127. The van der Waals surface area contributed by atoms with Crippen molar-refractivity contribution in [2.45, 2.75) is 6.61 Å². The van der Waals surface area contributed by atoms with E-state index in [9.17, 15) is 4.39 Å². The van der Waals surface area contributed by atoms with E-state index in [1.165, 1.54) is 12.1 Å². The standard InChI is InChI=1S/C27H30FIN6O4/c1-36-23-15-20(14-22(29)26(23)39-18-19-2-4-21(28)5-3-19)17-30-33-24-16-25(34-6-10-37-11-7-34)32-27(31-24)35-8-12-38-13-9-35/h2-5,14-17H,6-13,18H2,1H3,(H,31,32,33)/b30-17-. The number of benzene rings is 2. The Morgan fingerprint density at radius 2 is 1.69 bits per heavy atom. The van der Waals surface area contributed by atoms with Gasteiger partial charge in [-0.2, -0.15) is 15.1 Å². The first-order valence-corrected chi connectivity index (χ1v) is 13.8. The van der Waals surface area contributed by atoms with Crippen molar-refractivity contribution in [3.63, 3.8) is 0 Å². The number of methoxy groups -OCH3 is 1. The lowest BCUT2D eigenvalue weighted by molar-refractivity contribution is 0.121. The Labute approximate surface area is 240 Å². The number of aromatic nitrogens is 2. The zero-order chi connectivity index (χ0) is 27.0. The lowest BCUT2D eigenvalue weighted by atomic mass is 10.2. The van der Waals surface area contributed by atoms with Crippen LogP contribution in [0.2, 0.25) is 0 Å². The van der Waals surface area contributed by atoms with Crippen LogP contribution in [-0.2, 0) is 16.1 Å². The molecule has 0 spiro atoms. The normalized spacial score (nSPS) is 16.0. The fourth-order valence-electron chi connectivity index (χ4n) is 4.20. The summed E-state index contributed by atoms with van der Waals surface area (Å²) in [5.74, 6) is 3.01. The van der Waals surface area contributed by atoms with Crippen molar-refractivity contribution in [3.05, 3.63) is 63.0 Å². The molecule has 206 valence electrons. The highest BCUT2D eigenvalue weighted by Crippen LogP contribution is 2.34. The van der Waals surface area contributed by atoms with Gasteiger partial charge in [0.05, 0.1) is 43.3 Å². The number of morpholine rings is 2. The van der Waals surface area contributed by atoms with E-state index in [-0.39, 0.29) is 5.82 Å². The highest BCUT2D eigenvalue weighted by molar-refractivity contribution is 14.1. The van der Waals surface area contributed by atoms with Gasteiger partial charge in [0.1, 0.15) is 18.2 Å². The van der Waals surface area contributed by atoms with E-state index in [1.807, 2.05) is 18.2 Å². The van der Waals surface area contributed by atoms with Gasteiger partial charge in [-0.3, -0.25) is 5.43 Å². The summed E-state index contributed by atoms with van der Waals surface area (Å²) >= 11 is 2.21. The fraction of sp³-hybridized carbons (Fsp3) is 0.370. The van der Waals surface area contributed by atoms with Gasteiger partial charge in [-0.05, 0) is 58.0 Å². The average Bonchev–Trinajstić information content (AvgIpc) is 2.98. The number of hydrogen-bond acceptors (Lipinski definition) is 10. The maximum absolute atomic E-state index is 13.2. The average molecular weight is 648 g/mol. The van der Waals surface area contributed by atoms with Crippen molar-refractivity contribution >= 4 is 46.4 Å². The number of hydrazone groups is 1. The van der Waals surface area contributed by atoms with Crippen LogP contribution < -0.4 is 24.7 Å². The van der Waals surface area contributed by atoms with Gasteiger partial charge in [0.2, 0.25) is 5.95 Å². The Hall–Kier alpha value is -3.23. The van der Waals surface area contributed by atoms with E-state index in [4.69, 9.17) is 28.9 Å². The van der Waals surface area contributed by atoms with Gasteiger partial charge in [0.25, 0.3) is 0 Å². The third kappa shape index (κ3) is 7.25. The summed E-state index contributed by atoms with van der Waals surface area (Å²) in [5.41, 5.74) is 4.76. The number of ether oxygens (including phenoxy) is 4. The molecule has 0 bridgehead atoms. The van der Waals surface area contributed by atoms with Crippen LogP contribution in [0, 0.1) is 9.39 Å². The summed E-state index contributed by atoms with van der Waals surface area (Å²) in [7, 11) is 1.59. The van der Waals surface area contributed by atoms with E-state index in [0.717, 1.165) is 46.7 Å². The SMILES string of the molecule is COc1cc(/C=N\Nc2cc(N3CCOCC3)nc(N3CCOCC3)n2)cc(I)c1OCc1ccc(F)cc1. The van der Waals surface area contributed by atoms with Gasteiger partial charge in [-0.1, -0.05) is 12.1 Å². The third-order valence-corrected chi connectivity index (χ3v) is 7.07. The van der Waals surface area contributed by atoms with Crippen LogP contribution >= 0.6 is 22.6 Å². The van der Waals surface area contributed by atoms with E-state index in [2.05, 4.69) is 42.9 Å². The van der Waals surface area contributed by atoms with E-state index >= 15 is 0 Å². The number of hydrogen-bond donors (Lipinski definition) is 1.